The van der Waals surface area contributed by atoms with Crippen LogP contribution in [0.2, 0.25) is 0 Å². The highest BCUT2D eigenvalue weighted by Gasteiger charge is 2.23. The highest BCUT2D eigenvalue weighted by Crippen LogP contribution is 2.39. The number of ether oxygens (including phenoxy) is 1. The normalized spacial score (nSPS) is 17.3. The van der Waals surface area contributed by atoms with Gasteiger partial charge in [0.25, 0.3) is 0 Å². The summed E-state index contributed by atoms with van der Waals surface area (Å²) in [5, 5.41) is 4.81. The van der Waals surface area contributed by atoms with Crippen LogP contribution in [0.5, 0.6) is 0 Å². The zero-order valence-electron chi connectivity index (χ0n) is 15.3. The van der Waals surface area contributed by atoms with Crippen molar-refractivity contribution in [3.05, 3.63) is 46.4 Å². The molecule has 3 aromatic heterocycles. The van der Waals surface area contributed by atoms with Crippen molar-refractivity contribution >= 4 is 27.4 Å². The second-order valence-electron chi connectivity index (χ2n) is 7.13. The molecule has 0 unspecified atom stereocenters. The minimum absolute atomic E-state index is 0.724. The van der Waals surface area contributed by atoms with E-state index in [2.05, 4.69) is 21.3 Å². The van der Waals surface area contributed by atoms with Crippen LogP contribution >= 0.6 is 11.3 Å². The highest BCUT2D eigenvalue weighted by molar-refractivity contribution is 7.19. The molecule has 1 fully saturated rings. The molecule has 2 aliphatic rings. The number of fused-ring (bicyclic) bond motifs is 3. The van der Waals surface area contributed by atoms with Crippen LogP contribution in [0.4, 0.5) is 5.82 Å². The Morgan fingerprint density at radius 1 is 1.19 bits per heavy atom. The summed E-state index contributed by atoms with van der Waals surface area (Å²) in [4.78, 5) is 19.1. The Morgan fingerprint density at radius 3 is 2.96 bits per heavy atom. The lowest BCUT2D eigenvalue weighted by atomic mass is 10.2. The van der Waals surface area contributed by atoms with Crippen LogP contribution in [0.1, 0.15) is 28.2 Å². The Balaban J connectivity index is 1.47. The van der Waals surface area contributed by atoms with Crippen molar-refractivity contribution in [1.82, 2.24) is 19.9 Å². The van der Waals surface area contributed by atoms with Gasteiger partial charge in [0.1, 0.15) is 16.5 Å². The molecule has 0 radical (unpaired) electrons. The Bertz CT molecular complexity index is 936. The number of nitrogens with zero attached hydrogens (tertiary/aromatic N) is 4. The SMILES string of the molecule is c1cncc(CNc2nc(CN3CCOCC3)nc3sc4c(c23)CCC4)c1. The summed E-state index contributed by atoms with van der Waals surface area (Å²) in [6.07, 6.45) is 7.27. The van der Waals surface area contributed by atoms with Gasteiger partial charge in [0.15, 0.2) is 0 Å². The average molecular weight is 382 g/mol. The van der Waals surface area contributed by atoms with Gasteiger partial charge in [0.05, 0.1) is 25.1 Å². The van der Waals surface area contributed by atoms with E-state index in [-0.39, 0.29) is 0 Å². The third-order valence-corrected chi connectivity index (χ3v) is 6.45. The summed E-state index contributed by atoms with van der Waals surface area (Å²) in [6, 6.07) is 4.06. The lowest BCUT2D eigenvalue weighted by molar-refractivity contribution is 0.0331. The lowest BCUT2D eigenvalue weighted by Crippen LogP contribution is -2.36. The molecule has 1 aliphatic carbocycles. The Kier molecular flexibility index (Phi) is 4.73. The average Bonchev–Trinajstić information content (AvgIpc) is 3.28. The van der Waals surface area contributed by atoms with E-state index in [0.717, 1.165) is 67.8 Å². The van der Waals surface area contributed by atoms with Crippen molar-refractivity contribution in [2.24, 2.45) is 0 Å². The summed E-state index contributed by atoms with van der Waals surface area (Å²) in [5.41, 5.74) is 2.62. The number of hydrogen-bond donors (Lipinski definition) is 1. The van der Waals surface area contributed by atoms with Crippen molar-refractivity contribution in [1.29, 1.82) is 0 Å². The molecule has 0 amide bonds. The molecular formula is C20H23N5OS. The number of anilines is 1. The van der Waals surface area contributed by atoms with Gasteiger partial charge in [-0.2, -0.15) is 0 Å². The maximum Gasteiger partial charge on any atom is 0.146 e. The predicted molar refractivity (Wildman–Crippen MR) is 107 cm³/mol. The molecule has 4 heterocycles. The van der Waals surface area contributed by atoms with Crippen LogP contribution in [0.3, 0.4) is 0 Å². The van der Waals surface area contributed by atoms with Gasteiger partial charge >= 0.3 is 0 Å². The molecule has 0 spiro atoms. The number of thiophene rings is 1. The molecule has 1 aliphatic heterocycles. The van der Waals surface area contributed by atoms with Gasteiger partial charge in [-0.25, -0.2) is 9.97 Å². The van der Waals surface area contributed by atoms with E-state index in [1.54, 1.807) is 6.20 Å². The minimum atomic E-state index is 0.724. The second-order valence-corrected chi connectivity index (χ2v) is 8.21. The smallest absolute Gasteiger partial charge is 0.146 e. The standard InChI is InChI=1S/C20H23N5OS/c1-4-15-16(5-1)27-20-18(15)19(22-12-14-3-2-6-21-11-14)23-17(24-20)13-25-7-9-26-10-8-25/h2-3,6,11H,1,4-5,7-10,12-13H2,(H,22,23,24). The quantitative estimate of drug-likeness (QED) is 0.733. The number of aryl methyl sites for hydroxylation is 2. The number of rotatable bonds is 5. The van der Waals surface area contributed by atoms with Gasteiger partial charge in [-0.15, -0.1) is 11.3 Å². The first-order valence-corrected chi connectivity index (χ1v) is 10.4. The zero-order chi connectivity index (χ0) is 18.1. The van der Waals surface area contributed by atoms with Crippen LogP contribution in [0.25, 0.3) is 10.2 Å². The summed E-state index contributed by atoms with van der Waals surface area (Å²) in [6.45, 7) is 4.98. The van der Waals surface area contributed by atoms with E-state index in [1.165, 1.54) is 28.7 Å². The Morgan fingerprint density at radius 2 is 2.11 bits per heavy atom. The van der Waals surface area contributed by atoms with Crippen LogP contribution in [-0.4, -0.2) is 46.2 Å². The molecule has 3 aromatic rings. The lowest BCUT2D eigenvalue weighted by Gasteiger charge is -2.25. The maximum atomic E-state index is 5.46. The van der Waals surface area contributed by atoms with Gasteiger partial charge < -0.3 is 10.1 Å². The third-order valence-electron chi connectivity index (χ3n) is 5.26. The Labute approximate surface area is 162 Å². The second kappa shape index (κ2) is 7.50. The molecule has 6 nitrogen and oxygen atoms in total. The Hall–Kier alpha value is -2.09. The maximum absolute atomic E-state index is 5.46. The van der Waals surface area contributed by atoms with Gasteiger partial charge in [-0.3, -0.25) is 9.88 Å². The van der Waals surface area contributed by atoms with Crippen LogP contribution in [0.15, 0.2) is 24.5 Å². The fourth-order valence-corrected chi connectivity index (χ4v) is 5.17. The van der Waals surface area contributed by atoms with Gasteiger partial charge in [-0.1, -0.05) is 6.07 Å². The molecule has 0 saturated carbocycles. The molecule has 27 heavy (non-hydrogen) atoms. The summed E-state index contributed by atoms with van der Waals surface area (Å²) in [5.74, 6) is 1.88. The fourth-order valence-electron chi connectivity index (χ4n) is 3.89. The van der Waals surface area contributed by atoms with E-state index in [1.807, 2.05) is 23.6 Å². The summed E-state index contributed by atoms with van der Waals surface area (Å²) in [7, 11) is 0. The predicted octanol–water partition coefficient (Wildman–Crippen LogP) is 3.02. The molecule has 1 N–H and O–H groups in total. The van der Waals surface area contributed by atoms with Crippen molar-refractivity contribution in [3.63, 3.8) is 0 Å². The van der Waals surface area contributed by atoms with E-state index >= 15 is 0 Å². The van der Waals surface area contributed by atoms with E-state index in [0.29, 0.717) is 0 Å². The largest absolute Gasteiger partial charge is 0.379 e. The van der Waals surface area contributed by atoms with Crippen LogP contribution in [0, 0.1) is 0 Å². The summed E-state index contributed by atoms with van der Waals surface area (Å²) < 4.78 is 5.46. The molecule has 140 valence electrons. The zero-order valence-corrected chi connectivity index (χ0v) is 16.1. The number of aromatic nitrogens is 3. The van der Waals surface area contributed by atoms with Gasteiger partial charge in [-0.05, 0) is 36.5 Å². The molecule has 1 saturated heterocycles. The van der Waals surface area contributed by atoms with E-state index in [9.17, 15) is 0 Å². The molecular weight excluding hydrogens is 358 g/mol. The monoisotopic (exact) mass is 381 g/mol. The molecule has 0 aromatic carbocycles. The van der Waals surface area contributed by atoms with Crippen molar-refractivity contribution < 1.29 is 4.74 Å². The molecule has 0 atom stereocenters. The van der Waals surface area contributed by atoms with Crippen molar-refractivity contribution in [2.75, 3.05) is 31.6 Å². The van der Waals surface area contributed by atoms with Crippen LogP contribution in [-0.2, 0) is 30.7 Å². The number of pyridine rings is 1. The summed E-state index contributed by atoms with van der Waals surface area (Å²) >= 11 is 1.85. The molecule has 7 heteroatoms. The third kappa shape index (κ3) is 3.54. The molecule has 0 bridgehead atoms. The molecule has 5 rings (SSSR count). The van der Waals surface area contributed by atoms with Crippen LogP contribution < -0.4 is 5.32 Å². The number of hydrogen-bond acceptors (Lipinski definition) is 7. The first kappa shape index (κ1) is 17.0. The first-order chi connectivity index (χ1) is 13.4. The van der Waals surface area contributed by atoms with Gasteiger partial charge in [0.2, 0.25) is 0 Å². The number of morpholine rings is 1. The van der Waals surface area contributed by atoms with Crippen molar-refractivity contribution in [3.8, 4) is 0 Å². The highest BCUT2D eigenvalue weighted by atomic mass is 32.1. The topological polar surface area (TPSA) is 63.2 Å². The fraction of sp³-hybridized carbons (Fsp3) is 0.450. The minimum Gasteiger partial charge on any atom is -0.379 e. The van der Waals surface area contributed by atoms with E-state index in [4.69, 9.17) is 14.7 Å². The first-order valence-electron chi connectivity index (χ1n) is 9.61. The van der Waals surface area contributed by atoms with E-state index < -0.39 is 0 Å². The number of nitrogens with one attached hydrogen (secondary N) is 1. The van der Waals surface area contributed by atoms with Crippen molar-refractivity contribution in [2.45, 2.75) is 32.4 Å². The van der Waals surface area contributed by atoms with Gasteiger partial charge in [0, 0.05) is 36.9 Å².